The third-order valence-electron chi connectivity index (χ3n) is 4.19. The average Bonchev–Trinajstić information content (AvgIpc) is 2.70. The van der Waals surface area contributed by atoms with Crippen molar-refractivity contribution in [3.8, 4) is 0 Å². The van der Waals surface area contributed by atoms with E-state index in [9.17, 15) is 0 Å². The molecule has 0 aliphatic heterocycles. The topological polar surface area (TPSA) is 66.0 Å². The quantitative estimate of drug-likeness (QED) is 0.587. The molecule has 0 fully saturated rings. The van der Waals surface area contributed by atoms with Crippen molar-refractivity contribution in [1.29, 1.82) is 0 Å². The molecular formula is C20H23ClN6. The number of nitrogens with zero attached hydrogens (tertiary/aromatic N) is 4. The van der Waals surface area contributed by atoms with E-state index in [0.29, 0.717) is 18.3 Å². The summed E-state index contributed by atoms with van der Waals surface area (Å²) in [5, 5.41) is 15.2. The van der Waals surface area contributed by atoms with Crippen LogP contribution >= 0.6 is 11.6 Å². The van der Waals surface area contributed by atoms with E-state index in [1.54, 1.807) is 6.20 Å². The van der Waals surface area contributed by atoms with Crippen molar-refractivity contribution < 1.29 is 0 Å². The van der Waals surface area contributed by atoms with E-state index >= 15 is 0 Å². The lowest BCUT2D eigenvalue weighted by Crippen LogP contribution is -2.21. The SMILES string of the molecule is CCN(CC)c1ccc(Nc2cnnc(NCc3ccc(Cl)cc3)n2)cc1. The van der Waals surface area contributed by atoms with Gasteiger partial charge in [-0.25, -0.2) is 0 Å². The fraction of sp³-hybridized carbons (Fsp3) is 0.250. The first-order chi connectivity index (χ1) is 13.2. The van der Waals surface area contributed by atoms with Gasteiger partial charge in [-0.05, 0) is 55.8 Å². The number of aromatic nitrogens is 3. The Bertz CT molecular complexity index is 847. The molecule has 27 heavy (non-hydrogen) atoms. The molecule has 0 atom stereocenters. The molecule has 1 heterocycles. The molecule has 6 nitrogen and oxygen atoms in total. The zero-order valence-corrected chi connectivity index (χ0v) is 16.2. The maximum atomic E-state index is 5.90. The Morgan fingerprint density at radius 3 is 2.33 bits per heavy atom. The first kappa shape index (κ1) is 18.9. The summed E-state index contributed by atoms with van der Waals surface area (Å²) < 4.78 is 0. The van der Waals surface area contributed by atoms with Crippen molar-refractivity contribution in [2.75, 3.05) is 28.6 Å². The Morgan fingerprint density at radius 2 is 1.67 bits per heavy atom. The van der Waals surface area contributed by atoms with E-state index in [1.165, 1.54) is 5.69 Å². The van der Waals surface area contributed by atoms with Gasteiger partial charge in [-0.2, -0.15) is 10.1 Å². The molecule has 0 amide bonds. The van der Waals surface area contributed by atoms with Gasteiger partial charge < -0.3 is 15.5 Å². The maximum absolute atomic E-state index is 5.90. The highest BCUT2D eigenvalue weighted by Crippen LogP contribution is 2.20. The zero-order chi connectivity index (χ0) is 19.1. The van der Waals surface area contributed by atoms with E-state index in [4.69, 9.17) is 11.6 Å². The van der Waals surface area contributed by atoms with Gasteiger partial charge in [-0.3, -0.25) is 0 Å². The molecule has 3 aromatic rings. The number of anilines is 4. The molecular weight excluding hydrogens is 360 g/mol. The number of halogens is 1. The normalized spacial score (nSPS) is 10.5. The monoisotopic (exact) mass is 382 g/mol. The number of nitrogens with one attached hydrogen (secondary N) is 2. The van der Waals surface area contributed by atoms with Crippen molar-refractivity contribution in [2.45, 2.75) is 20.4 Å². The third-order valence-corrected chi connectivity index (χ3v) is 4.44. The predicted octanol–water partition coefficient (Wildman–Crippen LogP) is 4.73. The maximum Gasteiger partial charge on any atom is 0.244 e. The van der Waals surface area contributed by atoms with Gasteiger partial charge in [0.1, 0.15) is 0 Å². The van der Waals surface area contributed by atoms with Crippen molar-refractivity contribution in [3.63, 3.8) is 0 Å². The molecule has 0 spiro atoms. The third kappa shape index (κ3) is 5.31. The summed E-state index contributed by atoms with van der Waals surface area (Å²) in [5.74, 6) is 1.11. The number of benzene rings is 2. The van der Waals surface area contributed by atoms with Gasteiger partial charge in [0, 0.05) is 36.0 Å². The fourth-order valence-corrected chi connectivity index (χ4v) is 2.84. The van der Waals surface area contributed by atoms with Crippen LogP contribution in [0.5, 0.6) is 0 Å². The fourth-order valence-electron chi connectivity index (χ4n) is 2.71. The van der Waals surface area contributed by atoms with Crippen LogP contribution in [0.25, 0.3) is 0 Å². The van der Waals surface area contributed by atoms with Crippen molar-refractivity contribution in [3.05, 3.63) is 65.3 Å². The van der Waals surface area contributed by atoms with Crippen LogP contribution in [0.15, 0.2) is 54.7 Å². The standard InChI is InChI=1S/C20H23ClN6/c1-3-27(4-2)18-11-9-17(10-12-18)24-19-14-23-26-20(25-19)22-13-15-5-7-16(21)8-6-15/h5-12,14H,3-4,13H2,1-2H3,(H2,22,24,25,26). The van der Waals surface area contributed by atoms with Crippen molar-refractivity contribution >= 4 is 34.7 Å². The molecule has 1 aromatic heterocycles. The molecule has 2 N–H and O–H groups in total. The summed E-state index contributed by atoms with van der Waals surface area (Å²) in [7, 11) is 0. The van der Waals surface area contributed by atoms with Crippen molar-refractivity contribution in [2.24, 2.45) is 0 Å². The summed E-state index contributed by atoms with van der Waals surface area (Å²) >= 11 is 5.90. The van der Waals surface area contributed by atoms with Crippen molar-refractivity contribution in [1.82, 2.24) is 15.2 Å². The number of hydrogen-bond donors (Lipinski definition) is 2. The summed E-state index contributed by atoms with van der Waals surface area (Å²) in [5.41, 5.74) is 3.25. The number of hydrogen-bond acceptors (Lipinski definition) is 6. The van der Waals surface area contributed by atoms with Crippen LogP contribution in [0.1, 0.15) is 19.4 Å². The lowest BCUT2D eigenvalue weighted by atomic mass is 10.2. The van der Waals surface area contributed by atoms with E-state index in [2.05, 4.69) is 56.7 Å². The minimum absolute atomic E-state index is 0.467. The molecule has 0 aliphatic carbocycles. The average molecular weight is 383 g/mol. The highest BCUT2D eigenvalue weighted by molar-refractivity contribution is 6.30. The second kappa shape index (κ2) is 9.19. The van der Waals surface area contributed by atoms with Gasteiger partial charge >= 0.3 is 0 Å². The molecule has 0 saturated carbocycles. The molecule has 0 unspecified atom stereocenters. The van der Waals surface area contributed by atoms with Crippen LogP contribution in [0.4, 0.5) is 23.1 Å². The van der Waals surface area contributed by atoms with E-state index in [-0.39, 0.29) is 0 Å². The van der Waals surface area contributed by atoms with Crippen LogP contribution in [0, 0.1) is 0 Å². The van der Waals surface area contributed by atoms with Gasteiger partial charge in [-0.1, -0.05) is 23.7 Å². The number of rotatable bonds is 8. The molecule has 140 valence electrons. The minimum atomic E-state index is 0.467. The van der Waals surface area contributed by atoms with Gasteiger partial charge in [0.05, 0.1) is 6.20 Å². The summed E-state index contributed by atoms with van der Waals surface area (Å²) in [6.07, 6.45) is 1.60. The Kier molecular flexibility index (Phi) is 6.44. The predicted molar refractivity (Wildman–Crippen MR) is 112 cm³/mol. The Hall–Kier alpha value is -2.86. The lowest BCUT2D eigenvalue weighted by molar-refractivity contribution is 0.866. The van der Waals surface area contributed by atoms with Crippen LogP contribution in [-0.4, -0.2) is 28.3 Å². The van der Waals surface area contributed by atoms with Gasteiger partial charge in [-0.15, -0.1) is 5.10 Å². The first-order valence-corrected chi connectivity index (χ1v) is 9.35. The largest absolute Gasteiger partial charge is 0.372 e. The smallest absolute Gasteiger partial charge is 0.244 e. The molecule has 3 rings (SSSR count). The Balaban J connectivity index is 1.62. The molecule has 0 aliphatic rings. The summed E-state index contributed by atoms with van der Waals surface area (Å²) in [6, 6.07) is 15.9. The van der Waals surface area contributed by atoms with Gasteiger partial charge in [0.25, 0.3) is 0 Å². The highest BCUT2D eigenvalue weighted by atomic mass is 35.5. The molecule has 2 aromatic carbocycles. The zero-order valence-electron chi connectivity index (χ0n) is 15.5. The second-order valence-electron chi connectivity index (χ2n) is 5.99. The second-order valence-corrected chi connectivity index (χ2v) is 6.43. The Morgan fingerprint density at radius 1 is 0.963 bits per heavy atom. The molecule has 0 bridgehead atoms. The van der Waals surface area contributed by atoms with Crippen LogP contribution < -0.4 is 15.5 Å². The van der Waals surface area contributed by atoms with E-state index in [0.717, 1.165) is 29.4 Å². The summed E-state index contributed by atoms with van der Waals surface area (Å²) in [6.45, 7) is 6.88. The van der Waals surface area contributed by atoms with E-state index in [1.807, 2.05) is 36.4 Å². The highest BCUT2D eigenvalue weighted by Gasteiger charge is 2.04. The van der Waals surface area contributed by atoms with Gasteiger partial charge in [0.2, 0.25) is 5.95 Å². The Labute approximate surface area is 164 Å². The molecule has 0 saturated heterocycles. The minimum Gasteiger partial charge on any atom is -0.372 e. The van der Waals surface area contributed by atoms with Crippen LogP contribution in [0.3, 0.4) is 0 Å². The van der Waals surface area contributed by atoms with Crippen LogP contribution in [0.2, 0.25) is 5.02 Å². The van der Waals surface area contributed by atoms with Gasteiger partial charge in [0.15, 0.2) is 5.82 Å². The molecule has 0 radical (unpaired) electrons. The lowest BCUT2D eigenvalue weighted by Gasteiger charge is -2.21. The van der Waals surface area contributed by atoms with Crippen LogP contribution in [-0.2, 0) is 6.54 Å². The molecule has 7 heteroatoms. The first-order valence-electron chi connectivity index (χ1n) is 8.98. The summed E-state index contributed by atoms with van der Waals surface area (Å²) in [4.78, 5) is 6.76. The van der Waals surface area contributed by atoms with E-state index < -0.39 is 0 Å².